The number of nitrogens with one attached hydrogen (secondary N) is 3. The molecule has 6 aromatic rings. The standard InChI is InChI=1S/C9H8.C8H11N.C6H12.C6H6.C5H5N.2C5H8O.C4H4N2.C4H7N.C3H2F2O2.C2H3N3.11C2H6/c1-2-5-9-7-3-6-8(9)4-1;1-2-4-8-7(3-1)5-6-9-8;4*1-2-4-6-5-3-1;6-5-3-1-2-4-5;1-2-6-4-3-5-1;1-2-4-5-3-1;4-3(5)6-1-2-7-3;1-3-2-5-4-1;11*1-2/h1-6H,7H2;5-6,9H,1-4H2;1-6H2;1-6H;1-5H;2,4H,1,3,5H2;1-4H2;1-4H;1,3,5H,2,4H2;1-2H;1-2H,(H,3,4,5);11*1-2H3. The maximum absolute atomic E-state index is 11.4. The lowest BCUT2D eigenvalue weighted by atomic mass is 9.98. The highest BCUT2D eigenvalue weighted by Gasteiger charge is 2.35. The molecule has 0 unspecified atom stereocenters. The Morgan fingerprint density at radius 3 is 1.17 bits per heavy atom. The zero-order valence-electron chi connectivity index (χ0n) is 63.2. The van der Waals surface area contributed by atoms with Gasteiger partial charge < -0.3 is 24.5 Å². The van der Waals surface area contributed by atoms with Crippen molar-refractivity contribution in [1.82, 2.24) is 40.4 Å². The molecule has 3 aliphatic heterocycles. The fraction of sp³-hybridized carbons (Fsp3) is 0.544. The van der Waals surface area contributed by atoms with Gasteiger partial charge in [0.15, 0.2) is 0 Å². The molecule has 93 heavy (non-hydrogen) atoms. The van der Waals surface area contributed by atoms with Crippen molar-refractivity contribution in [1.29, 1.82) is 0 Å². The van der Waals surface area contributed by atoms with E-state index in [0.717, 1.165) is 57.8 Å². The number of hydrogen-bond acceptors (Lipinski definition) is 10. The van der Waals surface area contributed by atoms with Crippen LogP contribution >= 0.6 is 0 Å². The molecule has 0 atom stereocenters. The van der Waals surface area contributed by atoms with Gasteiger partial charge in [-0.3, -0.25) is 24.8 Å². The zero-order valence-corrected chi connectivity index (χ0v) is 63.2. The first-order valence-electron chi connectivity index (χ1n) is 35.8. The van der Waals surface area contributed by atoms with Crippen molar-refractivity contribution in [3.63, 3.8) is 0 Å². The summed E-state index contributed by atoms with van der Waals surface area (Å²) in [7, 11) is 0. The summed E-state index contributed by atoms with van der Waals surface area (Å²) in [5.74, 6) is 0.454. The highest BCUT2D eigenvalue weighted by molar-refractivity contribution is 5.80. The van der Waals surface area contributed by atoms with E-state index in [-0.39, 0.29) is 0 Å². The van der Waals surface area contributed by atoms with E-state index in [0.29, 0.717) is 5.78 Å². The number of nitrogens with zero attached hydrogens (tertiary/aromatic N) is 5. The number of benzene rings is 2. The Morgan fingerprint density at radius 2 is 0.903 bits per heavy atom. The molecule has 3 N–H and O–H groups in total. The molecule has 0 spiro atoms. The summed E-state index contributed by atoms with van der Waals surface area (Å²) in [6, 6.07) is 28.4. The van der Waals surface area contributed by atoms with Gasteiger partial charge in [-0.1, -0.05) is 276 Å². The number of pyridine rings is 1. The molecule has 2 saturated carbocycles. The molecule has 2 aromatic carbocycles. The average Bonchev–Trinajstić information content (AvgIpc) is 2.54. The lowest BCUT2D eigenvalue weighted by molar-refractivity contribution is -0.329. The number of ketones is 1. The molecule has 534 valence electrons. The number of carbonyl (C=O) groups is 1. The Morgan fingerprint density at radius 1 is 0.441 bits per heavy atom. The van der Waals surface area contributed by atoms with Crippen LogP contribution in [0.2, 0.25) is 0 Å². The number of alkyl halides is 2. The summed E-state index contributed by atoms with van der Waals surface area (Å²) in [5, 5.41) is 9.03. The first kappa shape index (κ1) is 105. The predicted molar refractivity (Wildman–Crippen MR) is 404 cm³/mol. The summed E-state index contributed by atoms with van der Waals surface area (Å²) in [4.78, 5) is 28.3. The lowest BCUT2D eigenvalue weighted by Gasteiger charge is -2.08. The molecule has 12 nitrogen and oxygen atoms in total. The molecule has 7 aliphatic rings. The first-order valence-corrected chi connectivity index (χ1v) is 35.8. The SMILES string of the molecule is C1=CNCC1.C1=COCCC1.C1=Cc2ccccc2C1.C1CCCCC1.CC.CC.CC.CC.CC.CC.CC.CC.CC.CC.CC.FC1(F)OC=CO1.O=C1CCCC1.c1cc2c([nH]1)CCCC2.c1ccccc1.c1ccncc1.c1cnccn1.c1nc[nH]n1. The molecule has 0 saturated heterocycles. The molecule has 0 radical (unpaired) electrons. The van der Waals surface area contributed by atoms with Crippen molar-refractivity contribution < 1.29 is 27.8 Å². The number of rotatable bonds is 0. The molecule has 0 bridgehead atoms. The summed E-state index contributed by atoms with van der Waals surface area (Å²) in [6.07, 6.45) is 48.5. The van der Waals surface area contributed by atoms with Crippen LogP contribution in [0, 0.1) is 0 Å². The molecular weight excluding hydrogens is 1160 g/mol. The van der Waals surface area contributed by atoms with Crippen LogP contribution in [-0.2, 0) is 38.3 Å². The smallest absolute Gasteiger partial charge is 0.502 e. The van der Waals surface area contributed by atoms with Gasteiger partial charge >= 0.3 is 6.29 Å². The monoisotopic (exact) mass is 1300 g/mol. The Hall–Kier alpha value is -7.22. The molecule has 14 heteroatoms. The van der Waals surface area contributed by atoms with Crippen LogP contribution in [0.5, 0.6) is 0 Å². The predicted octanol–water partition coefficient (Wildman–Crippen LogP) is 24.8. The Bertz CT molecular complexity index is 1970. The number of hydrogen-bond donors (Lipinski definition) is 3. The second-order valence-electron chi connectivity index (χ2n) is 16.1. The van der Waals surface area contributed by atoms with E-state index in [1.807, 2.05) is 219 Å². The highest BCUT2D eigenvalue weighted by Crippen LogP contribution is 2.22. The number of aromatic amines is 2. The Kier molecular flexibility index (Phi) is 117. The maximum Gasteiger partial charge on any atom is 0.585 e. The van der Waals surface area contributed by atoms with Crippen LogP contribution in [0.3, 0.4) is 0 Å². The molecule has 13 rings (SSSR count). The third-order valence-corrected chi connectivity index (χ3v) is 10.4. The maximum atomic E-state index is 11.4. The van der Waals surface area contributed by atoms with Crippen molar-refractivity contribution >= 4 is 11.9 Å². The van der Waals surface area contributed by atoms with Crippen LogP contribution in [0.1, 0.15) is 271 Å². The number of halogens is 2. The highest BCUT2D eigenvalue weighted by atomic mass is 19.3. The number of ether oxygens (including phenoxy) is 3. The largest absolute Gasteiger partial charge is 0.585 e. The van der Waals surface area contributed by atoms with Gasteiger partial charge in [0.25, 0.3) is 0 Å². The van der Waals surface area contributed by atoms with E-state index in [1.165, 1.54) is 113 Å². The third-order valence-electron chi connectivity index (χ3n) is 10.4. The fourth-order valence-electron chi connectivity index (χ4n) is 6.81. The number of Topliss-reactive ketones (excluding diaryl/α,β-unsaturated/α-hetero) is 1. The minimum Gasteiger partial charge on any atom is -0.502 e. The molecule has 4 aromatic heterocycles. The van der Waals surface area contributed by atoms with Crippen LogP contribution in [0.15, 0.2) is 184 Å². The minimum absolute atomic E-state index is 0.454. The van der Waals surface area contributed by atoms with Crippen LogP contribution in [-0.4, -0.2) is 60.3 Å². The first-order chi connectivity index (χ1) is 46.0. The van der Waals surface area contributed by atoms with Crippen LogP contribution in [0.25, 0.3) is 6.08 Å². The van der Waals surface area contributed by atoms with Gasteiger partial charge in [-0.05, 0) is 111 Å². The van der Waals surface area contributed by atoms with Crippen molar-refractivity contribution in [2.75, 3.05) is 13.2 Å². The van der Waals surface area contributed by atoms with E-state index in [2.05, 4.69) is 105 Å². The van der Waals surface area contributed by atoms with Gasteiger partial charge in [-0.15, -0.1) is 8.78 Å². The van der Waals surface area contributed by atoms with Crippen molar-refractivity contribution in [3.8, 4) is 0 Å². The van der Waals surface area contributed by atoms with Gasteiger partial charge in [0, 0.05) is 68.5 Å². The minimum atomic E-state index is -3.42. The van der Waals surface area contributed by atoms with Gasteiger partial charge in [0.05, 0.1) is 12.9 Å². The number of aryl methyl sites for hydroxylation is 2. The molecular formula is C79H140F2N8O4. The van der Waals surface area contributed by atoms with Crippen molar-refractivity contribution in [2.45, 2.75) is 274 Å². The summed E-state index contributed by atoms with van der Waals surface area (Å²) in [6.45, 7) is 46.1. The molecule has 0 amide bonds. The van der Waals surface area contributed by atoms with Crippen LogP contribution < -0.4 is 5.32 Å². The number of carbonyl (C=O) groups excluding carboxylic acids is 1. The summed E-state index contributed by atoms with van der Waals surface area (Å²) < 4.78 is 35.0. The second kappa shape index (κ2) is 104. The third kappa shape index (κ3) is 84.8. The fourth-order valence-corrected chi connectivity index (χ4v) is 6.81. The Balaban J connectivity index is -0.000000116. The van der Waals surface area contributed by atoms with E-state index >= 15 is 0 Å². The Labute approximate surface area is 571 Å². The van der Waals surface area contributed by atoms with Crippen LogP contribution in [0.4, 0.5) is 8.78 Å². The van der Waals surface area contributed by atoms with E-state index in [4.69, 9.17) is 4.74 Å². The topological polar surface area (TPSA) is 153 Å². The van der Waals surface area contributed by atoms with Gasteiger partial charge in [0.2, 0.25) is 0 Å². The number of fused-ring (bicyclic) bond motifs is 2. The number of H-pyrrole nitrogens is 2. The number of allylic oxidation sites excluding steroid dienone is 2. The second-order valence-corrected chi connectivity index (χ2v) is 16.1. The quantitative estimate of drug-likeness (QED) is 0.134. The zero-order chi connectivity index (χ0) is 72.2. The molecule has 2 fully saturated rings. The van der Waals surface area contributed by atoms with Crippen molar-refractivity contribution in [3.05, 3.63) is 207 Å². The lowest BCUT2D eigenvalue weighted by Crippen LogP contribution is -2.14. The van der Waals surface area contributed by atoms with E-state index in [9.17, 15) is 13.6 Å². The van der Waals surface area contributed by atoms with E-state index < -0.39 is 6.29 Å². The van der Waals surface area contributed by atoms with E-state index in [1.54, 1.807) is 49.0 Å². The summed E-state index contributed by atoms with van der Waals surface area (Å²) >= 11 is 0. The summed E-state index contributed by atoms with van der Waals surface area (Å²) in [5.41, 5.74) is 5.86. The van der Waals surface area contributed by atoms with Gasteiger partial charge in [0.1, 0.15) is 31.0 Å². The van der Waals surface area contributed by atoms with Crippen molar-refractivity contribution in [2.24, 2.45) is 0 Å². The normalized spacial score (nSPS) is 12.8. The number of aromatic nitrogens is 7. The van der Waals surface area contributed by atoms with Gasteiger partial charge in [-0.2, -0.15) is 5.10 Å². The van der Waals surface area contributed by atoms with Gasteiger partial charge in [-0.25, -0.2) is 4.98 Å². The molecule has 4 aliphatic carbocycles. The average molecular weight is 1300 g/mol. The molecule has 7 heterocycles.